The minimum Gasteiger partial charge on any atom is -0.352 e. The second-order valence-corrected chi connectivity index (χ2v) is 5.75. The number of aryl methyl sites for hydroxylation is 1. The van der Waals surface area contributed by atoms with Gasteiger partial charge in [0.2, 0.25) is 0 Å². The van der Waals surface area contributed by atoms with E-state index in [1.807, 2.05) is 30.3 Å². The summed E-state index contributed by atoms with van der Waals surface area (Å²) in [6, 6.07) is 16.0. The van der Waals surface area contributed by atoms with Gasteiger partial charge in [-0.05, 0) is 59.7 Å². The number of amides is 1. The van der Waals surface area contributed by atoms with E-state index in [0.717, 1.165) is 15.6 Å². The van der Waals surface area contributed by atoms with Gasteiger partial charge in [-0.1, -0.05) is 35.9 Å². The van der Waals surface area contributed by atoms with Crippen LogP contribution in [0.4, 0.5) is 0 Å². The summed E-state index contributed by atoms with van der Waals surface area (Å²) in [6.45, 7) is 2.74. The smallest absolute Gasteiger partial charge is 0.251 e. The molecule has 1 amide bonds. The molecule has 0 bridgehead atoms. The molecule has 3 heteroatoms. The molecule has 0 heterocycles. The van der Waals surface area contributed by atoms with Gasteiger partial charge in [-0.25, -0.2) is 0 Å². The fourth-order valence-electron chi connectivity index (χ4n) is 1.92. The fourth-order valence-corrected chi connectivity index (χ4v) is 2.46. The highest BCUT2D eigenvalue weighted by atomic mass is 127. The second kappa shape index (κ2) is 6.70. The predicted molar refractivity (Wildman–Crippen MR) is 86.4 cm³/mol. The lowest BCUT2D eigenvalue weighted by atomic mass is 10.1. The average molecular weight is 365 g/mol. The quantitative estimate of drug-likeness (QED) is 0.825. The van der Waals surface area contributed by atoms with Crippen molar-refractivity contribution in [2.45, 2.75) is 13.3 Å². The summed E-state index contributed by atoms with van der Waals surface area (Å²) in [5.41, 5.74) is 3.22. The van der Waals surface area contributed by atoms with Crippen LogP contribution >= 0.6 is 22.6 Å². The Labute approximate surface area is 127 Å². The first-order valence-corrected chi connectivity index (χ1v) is 7.32. The van der Waals surface area contributed by atoms with Gasteiger partial charge in [-0.3, -0.25) is 4.79 Å². The normalized spacial score (nSPS) is 10.2. The van der Waals surface area contributed by atoms with E-state index in [9.17, 15) is 4.79 Å². The molecule has 0 spiro atoms. The lowest BCUT2D eigenvalue weighted by Crippen LogP contribution is -2.25. The summed E-state index contributed by atoms with van der Waals surface area (Å²) < 4.78 is 1.07. The van der Waals surface area contributed by atoms with Gasteiger partial charge >= 0.3 is 0 Å². The maximum Gasteiger partial charge on any atom is 0.251 e. The van der Waals surface area contributed by atoms with Gasteiger partial charge in [0.05, 0.1) is 0 Å². The van der Waals surface area contributed by atoms with Crippen molar-refractivity contribution in [1.29, 1.82) is 0 Å². The first-order valence-electron chi connectivity index (χ1n) is 6.24. The molecule has 2 rings (SSSR count). The largest absolute Gasteiger partial charge is 0.352 e. The monoisotopic (exact) mass is 365 g/mol. The molecule has 0 atom stereocenters. The molecule has 1 N–H and O–H groups in total. The minimum atomic E-state index is -0.00818. The van der Waals surface area contributed by atoms with Crippen molar-refractivity contribution >= 4 is 28.5 Å². The molecule has 0 radical (unpaired) electrons. The van der Waals surface area contributed by atoms with Crippen LogP contribution in [0, 0.1) is 10.5 Å². The van der Waals surface area contributed by atoms with Crippen LogP contribution in [-0.4, -0.2) is 12.5 Å². The Morgan fingerprint density at radius 3 is 2.68 bits per heavy atom. The highest BCUT2D eigenvalue weighted by Crippen LogP contribution is 2.08. The zero-order valence-electron chi connectivity index (χ0n) is 10.8. The van der Waals surface area contributed by atoms with E-state index >= 15 is 0 Å². The first kappa shape index (κ1) is 14.1. The first-order chi connectivity index (χ1) is 9.15. The number of benzene rings is 2. The molecular weight excluding hydrogens is 349 g/mol. The van der Waals surface area contributed by atoms with Crippen LogP contribution in [0.25, 0.3) is 0 Å². The van der Waals surface area contributed by atoms with Crippen LogP contribution < -0.4 is 5.32 Å². The van der Waals surface area contributed by atoms with Crippen LogP contribution in [0.5, 0.6) is 0 Å². The number of carbonyl (C=O) groups excluding carboxylic acids is 1. The molecule has 0 saturated carbocycles. The van der Waals surface area contributed by atoms with Crippen molar-refractivity contribution in [2.24, 2.45) is 0 Å². The number of carbonyl (C=O) groups is 1. The van der Waals surface area contributed by atoms with Gasteiger partial charge in [-0.2, -0.15) is 0 Å². The Hall–Kier alpha value is -1.36. The molecule has 2 aromatic rings. The van der Waals surface area contributed by atoms with Crippen LogP contribution in [-0.2, 0) is 6.42 Å². The summed E-state index contributed by atoms with van der Waals surface area (Å²) in [4.78, 5) is 11.9. The van der Waals surface area contributed by atoms with Gasteiger partial charge in [0, 0.05) is 15.7 Å². The van der Waals surface area contributed by atoms with Crippen molar-refractivity contribution in [3.05, 3.63) is 68.8 Å². The average Bonchev–Trinajstić information content (AvgIpc) is 2.38. The molecule has 0 aromatic heterocycles. The molecule has 0 fully saturated rings. The molecule has 98 valence electrons. The van der Waals surface area contributed by atoms with E-state index in [-0.39, 0.29) is 5.91 Å². The van der Waals surface area contributed by atoms with E-state index in [0.29, 0.717) is 6.54 Å². The lowest BCUT2D eigenvalue weighted by Gasteiger charge is -2.06. The third-order valence-electron chi connectivity index (χ3n) is 2.87. The molecule has 2 aromatic carbocycles. The molecule has 19 heavy (non-hydrogen) atoms. The minimum absolute atomic E-state index is 0.00818. The van der Waals surface area contributed by atoms with Gasteiger partial charge < -0.3 is 5.32 Å². The second-order valence-electron chi connectivity index (χ2n) is 4.51. The number of nitrogens with one attached hydrogen (secondary N) is 1. The van der Waals surface area contributed by atoms with E-state index in [1.54, 1.807) is 0 Å². The number of rotatable bonds is 4. The van der Waals surface area contributed by atoms with Crippen LogP contribution in [0.15, 0.2) is 48.5 Å². The number of hydrogen-bond acceptors (Lipinski definition) is 1. The van der Waals surface area contributed by atoms with Crippen LogP contribution in [0.1, 0.15) is 21.5 Å². The van der Waals surface area contributed by atoms with Crippen LogP contribution in [0.2, 0.25) is 0 Å². The summed E-state index contributed by atoms with van der Waals surface area (Å²) >= 11 is 2.21. The Morgan fingerprint density at radius 2 is 1.95 bits per heavy atom. The molecule has 0 unspecified atom stereocenters. The van der Waals surface area contributed by atoms with E-state index in [1.165, 1.54) is 11.1 Å². The SMILES string of the molecule is Cc1cccc(CCNC(=O)c2cccc(I)c2)c1. The van der Waals surface area contributed by atoms with Crippen molar-refractivity contribution < 1.29 is 4.79 Å². The van der Waals surface area contributed by atoms with Crippen molar-refractivity contribution in [1.82, 2.24) is 5.32 Å². The van der Waals surface area contributed by atoms with Crippen molar-refractivity contribution in [2.75, 3.05) is 6.54 Å². The summed E-state index contributed by atoms with van der Waals surface area (Å²) in [6.07, 6.45) is 0.858. The molecule has 2 nitrogen and oxygen atoms in total. The maximum atomic E-state index is 11.9. The highest BCUT2D eigenvalue weighted by Gasteiger charge is 2.04. The fraction of sp³-hybridized carbons (Fsp3) is 0.188. The van der Waals surface area contributed by atoms with Gasteiger partial charge in [0.1, 0.15) is 0 Å². The number of hydrogen-bond donors (Lipinski definition) is 1. The highest BCUT2D eigenvalue weighted by molar-refractivity contribution is 14.1. The van der Waals surface area contributed by atoms with Crippen molar-refractivity contribution in [3.63, 3.8) is 0 Å². The Kier molecular flexibility index (Phi) is 4.96. The Balaban J connectivity index is 1.87. The summed E-state index contributed by atoms with van der Waals surface area (Å²) in [5.74, 6) is -0.00818. The van der Waals surface area contributed by atoms with E-state index in [2.05, 4.69) is 53.0 Å². The topological polar surface area (TPSA) is 29.1 Å². The van der Waals surface area contributed by atoms with Crippen LogP contribution in [0.3, 0.4) is 0 Å². The Morgan fingerprint density at radius 1 is 1.16 bits per heavy atom. The zero-order valence-corrected chi connectivity index (χ0v) is 13.0. The maximum absolute atomic E-state index is 11.9. The van der Waals surface area contributed by atoms with E-state index < -0.39 is 0 Å². The predicted octanol–water partition coefficient (Wildman–Crippen LogP) is 3.57. The Bertz CT molecular complexity index is 580. The molecule has 0 aliphatic rings. The van der Waals surface area contributed by atoms with E-state index in [4.69, 9.17) is 0 Å². The standard InChI is InChI=1S/C16H16INO/c1-12-4-2-5-13(10-12)8-9-18-16(19)14-6-3-7-15(17)11-14/h2-7,10-11H,8-9H2,1H3,(H,18,19). The molecule has 0 saturated heterocycles. The van der Waals surface area contributed by atoms with Gasteiger partial charge in [0.25, 0.3) is 5.91 Å². The summed E-state index contributed by atoms with van der Waals surface area (Å²) in [5, 5.41) is 2.95. The molecule has 0 aliphatic heterocycles. The van der Waals surface area contributed by atoms with Crippen molar-refractivity contribution in [3.8, 4) is 0 Å². The third kappa shape index (κ3) is 4.35. The summed E-state index contributed by atoms with van der Waals surface area (Å²) in [7, 11) is 0. The number of halogens is 1. The molecular formula is C16H16INO. The zero-order chi connectivity index (χ0) is 13.7. The van der Waals surface area contributed by atoms with Gasteiger partial charge in [0.15, 0.2) is 0 Å². The third-order valence-corrected chi connectivity index (χ3v) is 3.54. The molecule has 0 aliphatic carbocycles. The lowest BCUT2D eigenvalue weighted by molar-refractivity contribution is 0.0954. The van der Waals surface area contributed by atoms with Gasteiger partial charge in [-0.15, -0.1) is 0 Å².